The zero-order valence-corrected chi connectivity index (χ0v) is 31.0. The molecule has 290 valence electrons. The third-order valence-electron chi connectivity index (χ3n) is 10.0. The molecule has 0 radical (unpaired) electrons. The molecular formula is C40H60N2O10. The number of aliphatic hydroxyl groups excluding tert-OH is 2. The number of hydrogen-bond donors (Lipinski definition) is 5. The first-order chi connectivity index (χ1) is 24.9. The van der Waals surface area contributed by atoms with Crippen molar-refractivity contribution in [2.24, 2.45) is 11.8 Å². The molecule has 12 heteroatoms. The number of fused-ring (bicyclic) bond motifs is 1. The monoisotopic (exact) mass is 728 g/mol. The van der Waals surface area contributed by atoms with Crippen LogP contribution in [0.1, 0.15) is 103 Å². The minimum atomic E-state index is -0.987. The van der Waals surface area contributed by atoms with E-state index in [4.69, 9.17) is 14.6 Å². The maximum atomic E-state index is 12.7. The predicted octanol–water partition coefficient (Wildman–Crippen LogP) is 5.01. The summed E-state index contributed by atoms with van der Waals surface area (Å²) in [6.07, 6.45) is 14.2. The number of allylic oxidation sites excluding steroid dienone is 2. The van der Waals surface area contributed by atoms with E-state index in [1.54, 1.807) is 13.8 Å². The molecule has 0 unspecified atom stereocenters. The number of likely N-dealkylation sites (tertiary alicyclic amines) is 1. The fraction of sp³-hybridized carbons (Fsp3) is 0.650. The van der Waals surface area contributed by atoms with E-state index in [0.717, 1.165) is 43.4 Å². The number of nitrogens with one attached hydrogen (secondary N) is 1. The lowest BCUT2D eigenvalue weighted by Gasteiger charge is -2.27. The highest BCUT2D eigenvalue weighted by atomic mass is 16.5. The van der Waals surface area contributed by atoms with Crippen molar-refractivity contribution in [3.05, 3.63) is 59.9 Å². The molecule has 1 aromatic carbocycles. The molecule has 0 bridgehead atoms. The van der Waals surface area contributed by atoms with Crippen LogP contribution in [-0.4, -0.2) is 98.7 Å². The predicted molar refractivity (Wildman–Crippen MR) is 196 cm³/mol. The number of carbonyl (C=O) groups excluding carboxylic acids is 2. The standard InChI is InChI=1S/C20H28N2O5.C20H32O5/c1-3-27-20(26)16(12-11-15-8-5-4-6-9-15)21-14(2)18(23)22-13-7-10-17(22)19(24)25;1-2-3-4-7-14(21)10-11-16-17-12-15(8-5-6-9-20(23)24)25-19(17)13-18(16)22/h4-6,8-9,14,16-17,21H,3,7,10-13H2,1-2H3,(H,24,25);8,10-11,14,16-19,21-22H,2-7,9,12-13H2,1H3,(H,23,24)/b;11-10+,15-8-/t14-,16-,17-;14-,16+,17+,18+,19-/m00/s1. The Morgan fingerprint density at radius 3 is 2.50 bits per heavy atom. The molecule has 1 saturated carbocycles. The fourth-order valence-corrected chi connectivity index (χ4v) is 7.23. The number of ether oxygens (including phenoxy) is 2. The Balaban J connectivity index is 0.000000281. The van der Waals surface area contributed by atoms with Crippen LogP contribution in [0.5, 0.6) is 0 Å². The van der Waals surface area contributed by atoms with Crippen molar-refractivity contribution in [2.45, 2.75) is 141 Å². The highest BCUT2D eigenvalue weighted by Gasteiger charge is 2.47. The summed E-state index contributed by atoms with van der Waals surface area (Å²) in [4.78, 5) is 48.3. The lowest BCUT2D eigenvalue weighted by molar-refractivity contribution is -0.150. The van der Waals surface area contributed by atoms with Gasteiger partial charge in [-0.3, -0.25) is 19.7 Å². The van der Waals surface area contributed by atoms with Gasteiger partial charge in [-0.05, 0) is 70.4 Å². The van der Waals surface area contributed by atoms with Crippen LogP contribution in [0.15, 0.2) is 54.3 Å². The lowest BCUT2D eigenvalue weighted by atomic mass is 9.90. The number of carboxylic acid groups (broad SMARTS) is 2. The number of unbranched alkanes of at least 4 members (excludes halogenated alkanes) is 3. The van der Waals surface area contributed by atoms with Crippen LogP contribution in [0, 0.1) is 11.8 Å². The normalized spacial score (nSPS) is 24.8. The maximum absolute atomic E-state index is 12.7. The van der Waals surface area contributed by atoms with Crippen molar-refractivity contribution < 1.29 is 49.1 Å². The largest absolute Gasteiger partial charge is 0.495 e. The Bertz CT molecular complexity index is 1330. The molecule has 4 rings (SSSR count). The van der Waals surface area contributed by atoms with Crippen LogP contribution in [0.4, 0.5) is 0 Å². The quantitative estimate of drug-likeness (QED) is 0.0733. The van der Waals surface area contributed by atoms with E-state index >= 15 is 0 Å². The highest BCUT2D eigenvalue weighted by Crippen LogP contribution is 2.45. The van der Waals surface area contributed by atoms with Crippen LogP contribution in [0.2, 0.25) is 0 Å². The number of carbonyl (C=O) groups is 4. The van der Waals surface area contributed by atoms with E-state index in [1.807, 2.05) is 48.6 Å². The first-order valence-electron chi connectivity index (χ1n) is 19.1. The van der Waals surface area contributed by atoms with Crippen molar-refractivity contribution in [1.29, 1.82) is 0 Å². The van der Waals surface area contributed by atoms with E-state index < -0.39 is 48.2 Å². The second-order valence-corrected chi connectivity index (χ2v) is 14.1. The number of aryl methyl sites for hydroxylation is 1. The van der Waals surface area contributed by atoms with Crippen LogP contribution in [-0.2, 0) is 35.1 Å². The smallest absolute Gasteiger partial charge is 0.326 e. The Morgan fingerprint density at radius 1 is 1.08 bits per heavy atom. The Labute approximate surface area is 308 Å². The highest BCUT2D eigenvalue weighted by molar-refractivity contribution is 5.88. The van der Waals surface area contributed by atoms with Gasteiger partial charge in [-0.1, -0.05) is 68.7 Å². The Kier molecular flexibility index (Phi) is 18.3. The molecule has 0 aromatic heterocycles. The molecule has 2 heterocycles. The molecule has 1 aromatic rings. The van der Waals surface area contributed by atoms with Gasteiger partial charge in [0.15, 0.2) is 0 Å². The van der Waals surface area contributed by atoms with Crippen molar-refractivity contribution in [3.8, 4) is 0 Å². The zero-order chi connectivity index (χ0) is 38.0. The second kappa shape index (κ2) is 22.4. The number of esters is 1. The van der Waals surface area contributed by atoms with Gasteiger partial charge in [0.2, 0.25) is 5.91 Å². The van der Waals surface area contributed by atoms with Gasteiger partial charge in [-0.15, -0.1) is 0 Å². The summed E-state index contributed by atoms with van der Waals surface area (Å²) < 4.78 is 11.1. The van der Waals surface area contributed by atoms with Crippen LogP contribution in [0.25, 0.3) is 0 Å². The zero-order valence-electron chi connectivity index (χ0n) is 31.0. The summed E-state index contributed by atoms with van der Waals surface area (Å²) in [5.41, 5.74) is 1.10. The molecule has 1 amide bonds. The van der Waals surface area contributed by atoms with Crippen LogP contribution < -0.4 is 5.32 Å². The third kappa shape index (κ3) is 13.7. The van der Waals surface area contributed by atoms with E-state index in [-0.39, 0.29) is 36.9 Å². The molecule has 2 saturated heterocycles. The molecular weight excluding hydrogens is 668 g/mol. The van der Waals surface area contributed by atoms with Gasteiger partial charge in [0.25, 0.3) is 0 Å². The molecule has 2 aliphatic heterocycles. The van der Waals surface area contributed by atoms with Gasteiger partial charge in [0.05, 0.1) is 30.6 Å². The summed E-state index contributed by atoms with van der Waals surface area (Å²) in [5, 5.41) is 41.3. The van der Waals surface area contributed by atoms with Gasteiger partial charge < -0.3 is 34.8 Å². The van der Waals surface area contributed by atoms with Crippen molar-refractivity contribution in [1.82, 2.24) is 10.2 Å². The number of aliphatic carboxylic acids is 2. The number of aliphatic hydroxyl groups is 2. The first kappa shape index (κ1) is 42.7. The van der Waals surface area contributed by atoms with E-state index in [0.29, 0.717) is 51.5 Å². The summed E-state index contributed by atoms with van der Waals surface area (Å²) in [7, 11) is 0. The van der Waals surface area contributed by atoms with E-state index in [2.05, 4.69) is 12.2 Å². The van der Waals surface area contributed by atoms with Crippen molar-refractivity contribution in [3.63, 3.8) is 0 Å². The summed E-state index contributed by atoms with van der Waals surface area (Å²) in [5.74, 6) is -1.25. The Hall–Kier alpha value is -3.74. The average Bonchev–Trinajstić information content (AvgIpc) is 3.83. The molecule has 0 spiro atoms. The van der Waals surface area contributed by atoms with E-state index in [1.165, 1.54) is 4.90 Å². The van der Waals surface area contributed by atoms with Crippen molar-refractivity contribution in [2.75, 3.05) is 13.2 Å². The van der Waals surface area contributed by atoms with Gasteiger partial charge in [-0.25, -0.2) is 4.79 Å². The summed E-state index contributed by atoms with van der Waals surface area (Å²) >= 11 is 0. The fourth-order valence-electron chi connectivity index (χ4n) is 7.23. The number of nitrogens with zero attached hydrogens (tertiary/aromatic N) is 1. The number of benzene rings is 1. The minimum absolute atomic E-state index is 0.0238. The van der Waals surface area contributed by atoms with Crippen LogP contribution >= 0.6 is 0 Å². The maximum Gasteiger partial charge on any atom is 0.326 e. The third-order valence-corrected chi connectivity index (χ3v) is 10.0. The molecule has 1 aliphatic carbocycles. The number of amides is 1. The van der Waals surface area contributed by atoms with Gasteiger partial charge in [0.1, 0.15) is 18.2 Å². The number of rotatable bonds is 19. The lowest BCUT2D eigenvalue weighted by Crippen LogP contribution is -2.53. The van der Waals surface area contributed by atoms with Crippen LogP contribution in [0.3, 0.4) is 0 Å². The topological polar surface area (TPSA) is 183 Å². The van der Waals surface area contributed by atoms with E-state index in [9.17, 15) is 34.5 Å². The Morgan fingerprint density at radius 2 is 1.83 bits per heavy atom. The second-order valence-electron chi connectivity index (χ2n) is 14.1. The van der Waals surface area contributed by atoms with Gasteiger partial charge >= 0.3 is 17.9 Å². The molecule has 3 aliphatic rings. The van der Waals surface area contributed by atoms with Gasteiger partial charge in [0, 0.05) is 37.6 Å². The number of carboxylic acids is 2. The average molecular weight is 729 g/mol. The minimum Gasteiger partial charge on any atom is -0.495 e. The SMILES string of the molecule is CCCCC[C@H](O)/C=C/[C@@H]1[C@H]2C/C(=C/CCCC(=O)O)O[C@H]2C[C@H]1O.CCOC(=O)[C@H](CCc1ccccc1)N[C@@H](C)C(=O)N1CCC[C@H]1C(=O)O. The van der Waals surface area contributed by atoms with Crippen molar-refractivity contribution >= 4 is 23.8 Å². The molecule has 3 fully saturated rings. The first-order valence-corrected chi connectivity index (χ1v) is 19.1. The summed E-state index contributed by atoms with van der Waals surface area (Å²) in [6.45, 7) is 6.23. The molecule has 52 heavy (non-hydrogen) atoms. The molecule has 5 N–H and O–H groups in total. The molecule has 8 atom stereocenters. The molecule has 12 nitrogen and oxygen atoms in total. The summed E-state index contributed by atoms with van der Waals surface area (Å²) in [6, 6.07) is 7.69. The van der Waals surface area contributed by atoms with Gasteiger partial charge in [-0.2, -0.15) is 0 Å². The number of hydrogen-bond acceptors (Lipinski definition) is 9.